The van der Waals surface area contributed by atoms with E-state index >= 15 is 0 Å². The molecular formula is C21H30N2O3. The van der Waals surface area contributed by atoms with Crippen molar-refractivity contribution in [2.45, 2.75) is 39.5 Å². The molecule has 0 saturated carbocycles. The molecule has 0 N–H and O–H groups in total. The molecule has 1 atom stereocenters. The van der Waals surface area contributed by atoms with Crippen LogP contribution in [0.1, 0.15) is 49.9 Å². The number of ether oxygens (including phenoxy) is 1. The average molecular weight is 358 g/mol. The van der Waals surface area contributed by atoms with Gasteiger partial charge in [0.25, 0.3) is 5.91 Å². The highest BCUT2D eigenvalue weighted by Crippen LogP contribution is 2.25. The van der Waals surface area contributed by atoms with E-state index in [9.17, 15) is 9.59 Å². The Morgan fingerprint density at radius 1 is 1.08 bits per heavy atom. The summed E-state index contributed by atoms with van der Waals surface area (Å²) in [6, 6.07) is 7.54. The highest BCUT2D eigenvalue weighted by Gasteiger charge is 2.25. The Bertz CT molecular complexity index is 638. The van der Waals surface area contributed by atoms with Gasteiger partial charge in [-0.15, -0.1) is 0 Å². The number of amides is 2. The molecule has 1 unspecified atom stereocenters. The summed E-state index contributed by atoms with van der Waals surface area (Å²) in [6.07, 6.45) is 4.21. The van der Waals surface area contributed by atoms with Gasteiger partial charge in [-0.1, -0.05) is 19.1 Å². The van der Waals surface area contributed by atoms with Crippen molar-refractivity contribution in [1.29, 1.82) is 0 Å². The lowest BCUT2D eigenvalue weighted by Gasteiger charge is -2.32. The fourth-order valence-electron chi connectivity index (χ4n) is 3.85. The van der Waals surface area contributed by atoms with Gasteiger partial charge in [-0.3, -0.25) is 9.59 Å². The fourth-order valence-corrected chi connectivity index (χ4v) is 3.85. The smallest absolute Gasteiger partial charge is 0.257 e. The number of likely N-dealkylation sites (tertiary alicyclic amines) is 2. The summed E-state index contributed by atoms with van der Waals surface area (Å²) in [5, 5.41) is 0. The Labute approximate surface area is 156 Å². The largest absolute Gasteiger partial charge is 0.492 e. The maximum atomic E-state index is 12.9. The van der Waals surface area contributed by atoms with E-state index in [1.54, 1.807) is 6.92 Å². The summed E-state index contributed by atoms with van der Waals surface area (Å²) in [4.78, 5) is 28.3. The van der Waals surface area contributed by atoms with Crippen molar-refractivity contribution in [2.75, 3.05) is 32.8 Å². The van der Waals surface area contributed by atoms with Gasteiger partial charge in [0.2, 0.25) is 5.91 Å². The minimum atomic E-state index is 0.0708. The summed E-state index contributed by atoms with van der Waals surface area (Å²) in [5.41, 5.74) is 0.654. The van der Waals surface area contributed by atoms with E-state index in [2.05, 4.69) is 6.92 Å². The van der Waals surface area contributed by atoms with E-state index in [1.807, 2.05) is 34.1 Å². The number of para-hydroxylation sites is 1. The van der Waals surface area contributed by atoms with Gasteiger partial charge in [-0.2, -0.15) is 0 Å². The number of hydrogen-bond acceptors (Lipinski definition) is 3. The second kappa shape index (κ2) is 8.56. The molecule has 1 aromatic carbocycles. The van der Waals surface area contributed by atoms with Crippen LogP contribution in [0.15, 0.2) is 24.3 Å². The molecule has 26 heavy (non-hydrogen) atoms. The lowest BCUT2D eigenvalue weighted by molar-refractivity contribution is -0.130. The maximum absolute atomic E-state index is 12.9. The van der Waals surface area contributed by atoms with Gasteiger partial charge in [0, 0.05) is 39.0 Å². The van der Waals surface area contributed by atoms with E-state index in [-0.39, 0.29) is 11.8 Å². The van der Waals surface area contributed by atoms with Crippen LogP contribution in [0.3, 0.4) is 0 Å². The van der Waals surface area contributed by atoms with Crippen LogP contribution in [0.5, 0.6) is 5.75 Å². The van der Waals surface area contributed by atoms with Crippen LogP contribution in [-0.4, -0.2) is 54.4 Å². The van der Waals surface area contributed by atoms with Gasteiger partial charge < -0.3 is 14.5 Å². The molecule has 2 amide bonds. The van der Waals surface area contributed by atoms with Crippen LogP contribution in [-0.2, 0) is 4.79 Å². The molecule has 2 heterocycles. The molecular weight excluding hydrogens is 328 g/mol. The quantitative estimate of drug-likeness (QED) is 0.830. The zero-order valence-corrected chi connectivity index (χ0v) is 15.9. The Kier molecular flexibility index (Phi) is 6.17. The number of piperidine rings is 2. The molecule has 0 radical (unpaired) electrons. The number of benzene rings is 1. The Morgan fingerprint density at radius 3 is 2.54 bits per heavy atom. The summed E-state index contributed by atoms with van der Waals surface area (Å²) in [5.74, 6) is 1.88. The molecule has 5 heteroatoms. The molecule has 1 aromatic rings. The van der Waals surface area contributed by atoms with Gasteiger partial charge in [-0.05, 0) is 43.7 Å². The third-order valence-electron chi connectivity index (χ3n) is 5.63. The molecule has 2 aliphatic heterocycles. The topological polar surface area (TPSA) is 49.9 Å². The monoisotopic (exact) mass is 358 g/mol. The first-order valence-electron chi connectivity index (χ1n) is 9.81. The van der Waals surface area contributed by atoms with Crippen molar-refractivity contribution in [3.63, 3.8) is 0 Å². The van der Waals surface area contributed by atoms with E-state index in [4.69, 9.17) is 4.74 Å². The van der Waals surface area contributed by atoms with E-state index in [1.165, 1.54) is 0 Å². The zero-order valence-electron chi connectivity index (χ0n) is 15.9. The minimum absolute atomic E-state index is 0.0708. The molecule has 3 rings (SSSR count). The van der Waals surface area contributed by atoms with Crippen molar-refractivity contribution in [1.82, 2.24) is 9.80 Å². The molecule has 0 aromatic heterocycles. The Balaban J connectivity index is 1.62. The normalized spacial score (nSPS) is 21.5. The molecule has 2 aliphatic rings. The molecule has 5 nitrogen and oxygen atoms in total. The van der Waals surface area contributed by atoms with Crippen LogP contribution in [0.4, 0.5) is 0 Å². The van der Waals surface area contributed by atoms with E-state index in [0.29, 0.717) is 29.8 Å². The van der Waals surface area contributed by atoms with Gasteiger partial charge in [0.1, 0.15) is 5.75 Å². The molecule has 2 saturated heterocycles. The van der Waals surface area contributed by atoms with Crippen molar-refractivity contribution < 1.29 is 14.3 Å². The summed E-state index contributed by atoms with van der Waals surface area (Å²) in [7, 11) is 0. The number of rotatable bonds is 4. The Morgan fingerprint density at radius 2 is 1.81 bits per heavy atom. The van der Waals surface area contributed by atoms with E-state index < -0.39 is 0 Å². The lowest BCUT2D eigenvalue weighted by atomic mass is 9.98. The van der Waals surface area contributed by atoms with Gasteiger partial charge in [-0.25, -0.2) is 0 Å². The lowest BCUT2D eigenvalue weighted by Crippen LogP contribution is -2.40. The first-order valence-corrected chi connectivity index (χ1v) is 9.81. The first kappa shape index (κ1) is 18.7. The molecule has 0 spiro atoms. The first-order chi connectivity index (χ1) is 12.5. The average Bonchev–Trinajstić information content (AvgIpc) is 2.67. The summed E-state index contributed by atoms with van der Waals surface area (Å²) < 4.78 is 6.05. The number of carbonyl (C=O) groups is 2. The zero-order chi connectivity index (χ0) is 18.5. The standard InChI is InChI=1S/C21H30N2O3/c1-16-9-12-22(13-10-16)21(25)19-7-3-4-8-20(19)26-15-18-6-5-11-23(14-18)17(2)24/h3-4,7-8,16,18H,5-6,9-15H2,1-2H3. The van der Waals surface area contributed by atoms with Crippen LogP contribution in [0.25, 0.3) is 0 Å². The third kappa shape index (κ3) is 4.57. The molecule has 0 aliphatic carbocycles. The SMILES string of the molecule is CC(=O)N1CCCC(COc2ccccc2C(=O)N2CCC(C)CC2)C1. The summed E-state index contributed by atoms with van der Waals surface area (Å²) in [6.45, 7) is 7.65. The molecule has 2 fully saturated rings. The maximum Gasteiger partial charge on any atom is 0.257 e. The Hall–Kier alpha value is -2.04. The fraction of sp³-hybridized carbons (Fsp3) is 0.619. The van der Waals surface area contributed by atoms with Crippen molar-refractivity contribution >= 4 is 11.8 Å². The van der Waals surface area contributed by atoms with Crippen LogP contribution in [0, 0.1) is 11.8 Å². The van der Waals surface area contributed by atoms with Crippen molar-refractivity contribution in [2.24, 2.45) is 11.8 Å². The number of nitrogens with zero attached hydrogens (tertiary/aromatic N) is 2. The number of carbonyl (C=O) groups excluding carboxylic acids is 2. The van der Waals surface area contributed by atoms with Crippen LogP contribution in [0.2, 0.25) is 0 Å². The predicted octanol–water partition coefficient (Wildman–Crippen LogP) is 3.20. The van der Waals surface area contributed by atoms with E-state index in [0.717, 1.165) is 51.9 Å². The van der Waals surface area contributed by atoms with Crippen LogP contribution < -0.4 is 4.74 Å². The third-order valence-corrected chi connectivity index (χ3v) is 5.63. The second-order valence-electron chi connectivity index (χ2n) is 7.76. The minimum Gasteiger partial charge on any atom is -0.492 e. The van der Waals surface area contributed by atoms with Gasteiger partial charge in [0.05, 0.1) is 12.2 Å². The summed E-state index contributed by atoms with van der Waals surface area (Å²) >= 11 is 0. The molecule has 0 bridgehead atoms. The van der Waals surface area contributed by atoms with Crippen molar-refractivity contribution in [3.8, 4) is 5.75 Å². The number of hydrogen-bond donors (Lipinski definition) is 0. The van der Waals surface area contributed by atoms with Crippen LogP contribution >= 0.6 is 0 Å². The second-order valence-corrected chi connectivity index (χ2v) is 7.76. The predicted molar refractivity (Wildman–Crippen MR) is 101 cm³/mol. The highest BCUT2D eigenvalue weighted by atomic mass is 16.5. The van der Waals surface area contributed by atoms with Gasteiger partial charge in [0.15, 0.2) is 0 Å². The van der Waals surface area contributed by atoms with Crippen molar-refractivity contribution in [3.05, 3.63) is 29.8 Å². The van der Waals surface area contributed by atoms with Gasteiger partial charge >= 0.3 is 0 Å². The highest BCUT2D eigenvalue weighted by molar-refractivity contribution is 5.97. The molecule has 142 valence electrons.